The highest BCUT2D eigenvalue weighted by molar-refractivity contribution is 5.44. The molecule has 0 saturated carbocycles. The van der Waals surface area contributed by atoms with Crippen molar-refractivity contribution < 1.29 is 9.47 Å². The summed E-state index contributed by atoms with van der Waals surface area (Å²) in [5, 5.41) is 0. The number of unbranched alkanes of at least 4 members (excludes halogenated alkanes) is 4. The second-order valence-electron chi connectivity index (χ2n) is 5.61. The summed E-state index contributed by atoms with van der Waals surface area (Å²) in [5.74, 6) is 1.70. The van der Waals surface area contributed by atoms with Gasteiger partial charge in [-0.2, -0.15) is 0 Å². The molecule has 0 aromatic heterocycles. The van der Waals surface area contributed by atoms with Crippen molar-refractivity contribution in [2.75, 3.05) is 24.7 Å². The highest BCUT2D eigenvalue weighted by Gasteiger charge is 1.97. The van der Waals surface area contributed by atoms with Gasteiger partial charge in [0.2, 0.25) is 0 Å². The Balaban J connectivity index is 1.45. The summed E-state index contributed by atoms with van der Waals surface area (Å²) in [5.41, 5.74) is 12.9. The summed E-state index contributed by atoms with van der Waals surface area (Å²) >= 11 is 0. The molecule has 2 aromatic carbocycles. The first-order chi connectivity index (χ1) is 11.2. The predicted molar refractivity (Wildman–Crippen MR) is 95.8 cm³/mol. The lowest BCUT2D eigenvalue weighted by atomic mass is 10.1. The van der Waals surface area contributed by atoms with Crippen molar-refractivity contribution in [1.29, 1.82) is 0 Å². The molecule has 2 aromatic rings. The van der Waals surface area contributed by atoms with Crippen molar-refractivity contribution in [3.63, 3.8) is 0 Å². The molecule has 0 radical (unpaired) electrons. The SMILES string of the molecule is Nc1cccc(OCCCCCCCOc2cccc(N)c2)c1. The topological polar surface area (TPSA) is 70.5 Å². The number of ether oxygens (including phenoxy) is 2. The van der Waals surface area contributed by atoms with Gasteiger partial charge in [-0.25, -0.2) is 0 Å². The largest absolute Gasteiger partial charge is 0.494 e. The molecule has 23 heavy (non-hydrogen) atoms. The maximum Gasteiger partial charge on any atom is 0.121 e. The van der Waals surface area contributed by atoms with Crippen LogP contribution in [0.3, 0.4) is 0 Å². The van der Waals surface area contributed by atoms with Gasteiger partial charge < -0.3 is 20.9 Å². The van der Waals surface area contributed by atoms with Gasteiger partial charge in [-0.15, -0.1) is 0 Å². The van der Waals surface area contributed by atoms with Crippen molar-refractivity contribution in [2.24, 2.45) is 0 Å². The van der Waals surface area contributed by atoms with E-state index in [0.29, 0.717) is 0 Å². The quantitative estimate of drug-likeness (QED) is 0.508. The number of hydrogen-bond acceptors (Lipinski definition) is 4. The molecule has 2 rings (SSSR count). The van der Waals surface area contributed by atoms with E-state index in [0.717, 1.165) is 48.9 Å². The summed E-state index contributed by atoms with van der Waals surface area (Å²) in [6.07, 6.45) is 5.65. The van der Waals surface area contributed by atoms with E-state index in [1.54, 1.807) is 0 Å². The van der Waals surface area contributed by atoms with Crippen LogP contribution in [0.2, 0.25) is 0 Å². The molecule has 0 saturated heterocycles. The van der Waals surface area contributed by atoms with Crippen LogP contribution in [0.5, 0.6) is 11.5 Å². The smallest absolute Gasteiger partial charge is 0.121 e. The Labute approximate surface area is 138 Å². The number of hydrogen-bond donors (Lipinski definition) is 2. The van der Waals surface area contributed by atoms with Gasteiger partial charge in [0.25, 0.3) is 0 Å². The summed E-state index contributed by atoms with van der Waals surface area (Å²) in [7, 11) is 0. The van der Waals surface area contributed by atoms with E-state index in [4.69, 9.17) is 20.9 Å². The maximum atomic E-state index is 5.71. The molecule has 0 heterocycles. The molecule has 4 nitrogen and oxygen atoms in total. The van der Waals surface area contributed by atoms with Crippen molar-refractivity contribution >= 4 is 11.4 Å². The summed E-state index contributed by atoms with van der Waals surface area (Å²) in [6.45, 7) is 1.48. The zero-order valence-electron chi connectivity index (χ0n) is 13.5. The third-order valence-electron chi connectivity index (χ3n) is 3.54. The van der Waals surface area contributed by atoms with Gasteiger partial charge in [0.1, 0.15) is 11.5 Å². The molecule has 0 aliphatic carbocycles. The second-order valence-corrected chi connectivity index (χ2v) is 5.61. The summed E-state index contributed by atoms with van der Waals surface area (Å²) < 4.78 is 11.3. The monoisotopic (exact) mass is 314 g/mol. The number of rotatable bonds is 10. The van der Waals surface area contributed by atoms with Crippen molar-refractivity contribution in [1.82, 2.24) is 0 Å². The molecule has 0 fully saturated rings. The zero-order valence-corrected chi connectivity index (χ0v) is 13.5. The highest BCUT2D eigenvalue weighted by atomic mass is 16.5. The van der Waals surface area contributed by atoms with Crippen LogP contribution in [0.4, 0.5) is 11.4 Å². The first kappa shape index (κ1) is 17.0. The first-order valence-electron chi connectivity index (χ1n) is 8.21. The third-order valence-corrected chi connectivity index (χ3v) is 3.54. The molecule has 0 atom stereocenters. The Kier molecular flexibility index (Phi) is 7.11. The van der Waals surface area contributed by atoms with E-state index in [1.807, 2.05) is 48.5 Å². The van der Waals surface area contributed by atoms with Crippen LogP contribution < -0.4 is 20.9 Å². The summed E-state index contributed by atoms with van der Waals surface area (Å²) in [4.78, 5) is 0. The fraction of sp³-hybridized carbons (Fsp3) is 0.368. The van der Waals surface area contributed by atoms with Gasteiger partial charge in [-0.05, 0) is 37.1 Å². The van der Waals surface area contributed by atoms with Gasteiger partial charge in [-0.3, -0.25) is 0 Å². The molecular formula is C19H26N2O2. The van der Waals surface area contributed by atoms with E-state index < -0.39 is 0 Å². The average Bonchev–Trinajstić information content (AvgIpc) is 2.53. The first-order valence-corrected chi connectivity index (χ1v) is 8.21. The molecule has 4 N–H and O–H groups in total. The van der Waals surface area contributed by atoms with E-state index in [1.165, 1.54) is 19.3 Å². The van der Waals surface area contributed by atoms with E-state index in [9.17, 15) is 0 Å². The van der Waals surface area contributed by atoms with Crippen LogP contribution in [0.1, 0.15) is 32.1 Å². The molecule has 0 aliphatic heterocycles. The Hall–Kier alpha value is -2.36. The standard InChI is InChI=1S/C19H26N2O2/c20-16-8-6-10-18(14-16)22-12-4-2-1-3-5-13-23-19-11-7-9-17(21)15-19/h6-11,14-15H,1-5,12-13,20-21H2. The number of anilines is 2. The van der Waals surface area contributed by atoms with Crippen molar-refractivity contribution in [2.45, 2.75) is 32.1 Å². The lowest BCUT2D eigenvalue weighted by Crippen LogP contribution is -1.99. The minimum Gasteiger partial charge on any atom is -0.494 e. The molecule has 4 heteroatoms. The fourth-order valence-corrected chi connectivity index (χ4v) is 2.32. The van der Waals surface area contributed by atoms with Crippen LogP contribution >= 0.6 is 0 Å². The number of nitrogen functional groups attached to an aromatic ring is 2. The average molecular weight is 314 g/mol. The second kappa shape index (κ2) is 9.62. The van der Waals surface area contributed by atoms with Gasteiger partial charge >= 0.3 is 0 Å². The number of nitrogens with two attached hydrogens (primary N) is 2. The van der Waals surface area contributed by atoms with Gasteiger partial charge in [0.15, 0.2) is 0 Å². The molecular weight excluding hydrogens is 288 g/mol. The summed E-state index contributed by atoms with van der Waals surface area (Å²) in [6, 6.07) is 15.1. The van der Waals surface area contributed by atoms with E-state index in [2.05, 4.69) is 0 Å². The van der Waals surface area contributed by atoms with Gasteiger partial charge in [0, 0.05) is 23.5 Å². The van der Waals surface area contributed by atoms with Crippen molar-refractivity contribution in [3.05, 3.63) is 48.5 Å². The minimum atomic E-state index is 0.739. The molecule has 0 bridgehead atoms. The lowest BCUT2D eigenvalue weighted by molar-refractivity contribution is 0.293. The Morgan fingerprint density at radius 1 is 0.609 bits per heavy atom. The highest BCUT2D eigenvalue weighted by Crippen LogP contribution is 2.16. The Morgan fingerprint density at radius 2 is 1.04 bits per heavy atom. The van der Waals surface area contributed by atoms with Crippen LogP contribution in [-0.2, 0) is 0 Å². The zero-order chi connectivity index (χ0) is 16.3. The lowest BCUT2D eigenvalue weighted by Gasteiger charge is -2.08. The Bertz CT molecular complexity index is 536. The fourth-order valence-electron chi connectivity index (χ4n) is 2.32. The normalized spacial score (nSPS) is 10.4. The van der Waals surface area contributed by atoms with Gasteiger partial charge in [-0.1, -0.05) is 31.4 Å². The van der Waals surface area contributed by atoms with E-state index >= 15 is 0 Å². The minimum absolute atomic E-state index is 0.739. The Morgan fingerprint density at radius 3 is 1.48 bits per heavy atom. The predicted octanol–water partition coefficient (Wildman–Crippen LogP) is 4.26. The third kappa shape index (κ3) is 6.96. The molecule has 0 unspecified atom stereocenters. The molecule has 124 valence electrons. The molecule has 0 aliphatic rings. The number of benzene rings is 2. The van der Waals surface area contributed by atoms with Crippen LogP contribution in [0, 0.1) is 0 Å². The van der Waals surface area contributed by atoms with Gasteiger partial charge in [0.05, 0.1) is 13.2 Å². The molecule has 0 spiro atoms. The maximum absolute atomic E-state index is 5.71. The van der Waals surface area contributed by atoms with Crippen molar-refractivity contribution in [3.8, 4) is 11.5 Å². The van der Waals surface area contributed by atoms with E-state index in [-0.39, 0.29) is 0 Å². The van der Waals surface area contributed by atoms with Crippen LogP contribution in [0.15, 0.2) is 48.5 Å². The molecule has 0 amide bonds. The van der Waals surface area contributed by atoms with Crippen LogP contribution in [0.25, 0.3) is 0 Å². The van der Waals surface area contributed by atoms with Crippen LogP contribution in [-0.4, -0.2) is 13.2 Å².